The van der Waals surface area contributed by atoms with E-state index >= 15 is 0 Å². The van der Waals surface area contributed by atoms with Gasteiger partial charge in [-0.1, -0.05) is 159 Å². The van der Waals surface area contributed by atoms with Crippen molar-refractivity contribution in [2.24, 2.45) is 0 Å². The molecule has 0 radical (unpaired) electrons. The molecule has 1 aliphatic rings. The minimum Gasteiger partial charge on any atom is -0.454 e. The summed E-state index contributed by atoms with van der Waals surface area (Å²) in [7, 11) is 0. The van der Waals surface area contributed by atoms with Crippen molar-refractivity contribution in [1.82, 2.24) is 0 Å². The molecule has 0 saturated carbocycles. The number of rotatable bonds is 5. The predicted octanol–water partition coefficient (Wildman–Crippen LogP) is 13.8. The zero-order valence-corrected chi connectivity index (χ0v) is 28.6. The van der Waals surface area contributed by atoms with Crippen LogP contribution in [0, 0.1) is 0 Å². The zero-order chi connectivity index (χ0) is 34.1. The molecule has 0 bridgehead atoms. The van der Waals surface area contributed by atoms with Crippen molar-refractivity contribution in [3.05, 3.63) is 187 Å². The SMILES string of the molecule is CC1(C)c2ccccc2-c2ccc(N(c3ccc(-c4ccccc4)cc3)c3c(-c4ccccc4)c4ccccc4c4c3oc3ccccc34)cc21. The molecule has 2 nitrogen and oxygen atoms in total. The van der Waals surface area contributed by atoms with E-state index in [0.29, 0.717) is 0 Å². The van der Waals surface area contributed by atoms with E-state index in [9.17, 15) is 0 Å². The second-order valence-electron chi connectivity index (χ2n) is 14.1. The molecule has 0 saturated heterocycles. The molecule has 0 fully saturated rings. The van der Waals surface area contributed by atoms with Gasteiger partial charge in [-0.15, -0.1) is 0 Å². The van der Waals surface area contributed by atoms with Crippen molar-refractivity contribution < 1.29 is 4.42 Å². The fourth-order valence-electron chi connectivity index (χ4n) is 8.42. The molecule has 0 atom stereocenters. The standard InChI is InChI=1S/C49H35NO/c1-49(2)42-23-13-11-19-37(42)38-30-29-36(31-43(38)49)50(35-27-25-33(26-28-35)32-15-5-3-6-16-32)47-45(34-17-7-4-8-18-34)39-20-9-10-21-40(39)46-41-22-12-14-24-44(41)51-48(46)47/h3-31H,1-2H3. The van der Waals surface area contributed by atoms with Gasteiger partial charge in [0.2, 0.25) is 0 Å². The third kappa shape index (κ3) is 4.50. The number of hydrogen-bond acceptors (Lipinski definition) is 2. The Kier molecular flexibility index (Phi) is 6.56. The van der Waals surface area contributed by atoms with Crippen LogP contribution in [-0.2, 0) is 5.41 Å². The third-order valence-electron chi connectivity index (χ3n) is 10.9. The van der Waals surface area contributed by atoms with Gasteiger partial charge in [0.15, 0.2) is 5.58 Å². The molecular weight excluding hydrogens is 619 g/mol. The van der Waals surface area contributed by atoms with E-state index in [4.69, 9.17) is 4.42 Å². The van der Waals surface area contributed by atoms with Crippen LogP contribution in [0.2, 0.25) is 0 Å². The van der Waals surface area contributed by atoms with Crippen LogP contribution < -0.4 is 4.90 Å². The first-order valence-electron chi connectivity index (χ1n) is 17.7. The maximum absolute atomic E-state index is 7.01. The molecule has 0 aliphatic heterocycles. The van der Waals surface area contributed by atoms with Crippen molar-refractivity contribution >= 4 is 49.8 Å². The van der Waals surface area contributed by atoms with Gasteiger partial charge in [0.1, 0.15) is 5.58 Å². The fraction of sp³-hybridized carbons (Fsp3) is 0.0612. The van der Waals surface area contributed by atoms with Gasteiger partial charge in [0.05, 0.1) is 5.69 Å². The fourth-order valence-corrected chi connectivity index (χ4v) is 8.42. The van der Waals surface area contributed by atoms with Gasteiger partial charge in [-0.25, -0.2) is 0 Å². The Hall–Kier alpha value is -6.38. The molecule has 10 rings (SSSR count). The Morgan fingerprint density at radius 2 is 1.02 bits per heavy atom. The average Bonchev–Trinajstić information content (AvgIpc) is 3.69. The predicted molar refractivity (Wildman–Crippen MR) is 214 cm³/mol. The molecule has 9 aromatic rings. The van der Waals surface area contributed by atoms with Crippen molar-refractivity contribution in [1.29, 1.82) is 0 Å². The second kappa shape index (κ2) is 11.3. The van der Waals surface area contributed by atoms with E-state index < -0.39 is 0 Å². The van der Waals surface area contributed by atoms with Crippen molar-refractivity contribution in [2.75, 3.05) is 4.90 Å². The monoisotopic (exact) mass is 653 g/mol. The van der Waals surface area contributed by atoms with E-state index in [1.807, 2.05) is 0 Å². The van der Waals surface area contributed by atoms with E-state index in [-0.39, 0.29) is 5.41 Å². The number of benzene rings is 8. The number of nitrogens with zero attached hydrogens (tertiary/aromatic N) is 1. The van der Waals surface area contributed by atoms with Crippen LogP contribution in [0.1, 0.15) is 25.0 Å². The van der Waals surface area contributed by atoms with Crippen molar-refractivity contribution in [3.8, 4) is 33.4 Å². The summed E-state index contributed by atoms with van der Waals surface area (Å²) >= 11 is 0. The van der Waals surface area contributed by atoms with Gasteiger partial charge in [-0.05, 0) is 80.0 Å². The van der Waals surface area contributed by atoms with E-state index in [1.165, 1.54) is 44.2 Å². The number of para-hydroxylation sites is 1. The Labute approximate surface area is 297 Å². The topological polar surface area (TPSA) is 16.4 Å². The second-order valence-corrected chi connectivity index (χ2v) is 14.1. The van der Waals surface area contributed by atoms with Crippen LogP contribution in [0.4, 0.5) is 17.1 Å². The Morgan fingerprint density at radius 1 is 0.451 bits per heavy atom. The third-order valence-corrected chi connectivity index (χ3v) is 10.9. The molecule has 0 amide bonds. The lowest BCUT2D eigenvalue weighted by atomic mass is 9.82. The summed E-state index contributed by atoms with van der Waals surface area (Å²) in [5.74, 6) is 0. The maximum Gasteiger partial charge on any atom is 0.160 e. The van der Waals surface area contributed by atoms with Gasteiger partial charge < -0.3 is 9.32 Å². The highest BCUT2D eigenvalue weighted by atomic mass is 16.3. The largest absolute Gasteiger partial charge is 0.454 e. The van der Waals surface area contributed by atoms with Gasteiger partial charge >= 0.3 is 0 Å². The lowest BCUT2D eigenvalue weighted by Gasteiger charge is -2.30. The normalized spacial score (nSPS) is 13.1. The molecular formula is C49H35NO. The van der Waals surface area contributed by atoms with Gasteiger partial charge in [0.25, 0.3) is 0 Å². The highest BCUT2D eigenvalue weighted by molar-refractivity contribution is 6.28. The van der Waals surface area contributed by atoms with E-state index in [0.717, 1.165) is 50.1 Å². The summed E-state index contributed by atoms with van der Waals surface area (Å²) in [6, 6.07) is 63.5. The molecule has 0 N–H and O–H groups in total. The van der Waals surface area contributed by atoms with Crippen molar-refractivity contribution in [2.45, 2.75) is 19.3 Å². The van der Waals surface area contributed by atoms with Gasteiger partial charge in [-0.3, -0.25) is 0 Å². The first kappa shape index (κ1) is 29.5. The van der Waals surface area contributed by atoms with Crippen LogP contribution in [-0.4, -0.2) is 0 Å². The quantitative estimate of drug-likeness (QED) is 0.184. The van der Waals surface area contributed by atoms with Crippen LogP contribution in [0.25, 0.3) is 66.1 Å². The van der Waals surface area contributed by atoms with E-state index in [1.54, 1.807) is 0 Å². The Bertz CT molecular complexity index is 2760. The first-order valence-corrected chi connectivity index (χ1v) is 17.7. The smallest absolute Gasteiger partial charge is 0.160 e. The summed E-state index contributed by atoms with van der Waals surface area (Å²) in [6.45, 7) is 4.70. The Morgan fingerprint density at radius 3 is 1.78 bits per heavy atom. The number of fused-ring (bicyclic) bond motifs is 8. The lowest BCUT2D eigenvalue weighted by molar-refractivity contribution is 0.660. The number of anilines is 3. The Balaban J connectivity index is 1.33. The molecule has 1 heterocycles. The highest BCUT2D eigenvalue weighted by Gasteiger charge is 2.36. The van der Waals surface area contributed by atoms with Crippen LogP contribution in [0.15, 0.2) is 180 Å². The molecule has 51 heavy (non-hydrogen) atoms. The molecule has 0 unspecified atom stereocenters. The summed E-state index contributed by atoms with van der Waals surface area (Å²) in [4.78, 5) is 2.44. The zero-order valence-electron chi connectivity index (χ0n) is 28.6. The molecule has 1 aliphatic carbocycles. The molecule has 2 heteroatoms. The molecule has 242 valence electrons. The summed E-state index contributed by atoms with van der Waals surface area (Å²) < 4.78 is 7.01. The van der Waals surface area contributed by atoms with Gasteiger partial charge in [-0.2, -0.15) is 0 Å². The molecule has 0 spiro atoms. The summed E-state index contributed by atoms with van der Waals surface area (Å²) in [5, 5.41) is 4.63. The summed E-state index contributed by atoms with van der Waals surface area (Å²) in [5.41, 5.74) is 14.8. The number of furan rings is 1. The lowest BCUT2D eigenvalue weighted by Crippen LogP contribution is -2.17. The summed E-state index contributed by atoms with van der Waals surface area (Å²) in [6.07, 6.45) is 0. The van der Waals surface area contributed by atoms with Crippen LogP contribution in [0.5, 0.6) is 0 Å². The van der Waals surface area contributed by atoms with Crippen molar-refractivity contribution in [3.63, 3.8) is 0 Å². The van der Waals surface area contributed by atoms with Crippen LogP contribution >= 0.6 is 0 Å². The van der Waals surface area contributed by atoms with Gasteiger partial charge in [0, 0.05) is 33.1 Å². The minimum atomic E-state index is -0.148. The highest BCUT2D eigenvalue weighted by Crippen LogP contribution is 2.54. The molecule has 1 aromatic heterocycles. The first-order chi connectivity index (χ1) is 25.1. The minimum absolute atomic E-state index is 0.148. The maximum atomic E-state index is 7.01. The van der Waals surface area contributed by atoms with Crippen LogP contribution in [0.3, 0.4) is 0 Å². The average molecular weight is 654 g/mol. The number of hydrogen-bond donors (Lipinski definition) is 0. The van der Waals surface area contributed by atoms with E-state index in [2.05, 4.69) is 195 Å². The molecule has 8 aromatic carbocycles.